The first-order chi connectivity index (χ1) is 13.5. The molecule has 0 radical (unpaired) electrons. The molecule has 0 aromatic heterocycles. The van der Waals surface area contributed by atoms with E-state index in [1.165, 1.54) is 0 Å². The highest BCUT2D eigenvalue weighted by molar-refractivity contribution is 5.90. The summed E-state index contributed by atoms with van der Waals surface area (Å²) >= 11 is 0. The van der Waals surface area contributed by atoms with E-state index in [4.69, 9.17) is 0 Å². The van der Waals surface area contributed by atoms with Gasteiger partial charge in [0.15, 0.2) is 0 Å². The first-order valence-electron chi connectivity index (χ1n) is 9.96. The highest BCUT2D eigenvalue weighted by atomic mass is 16.2. The molecule has 146 valence electrons. The maximum atomic E-state index is 13.7. The smallest absolute Gasteiger partial charge is 0.252 e. The second-order valence-electron chi connectivity index (χ2n) is 8.23. The molecule has 0 bridgehead atoms. The molecule has 28 heavy (non-hydrogen) atoms. The van der Waals surface area contributed by atoms with Crippen LogP contribution in [0.15, 0.2) is 60.7 Å². The SMILES string of the molecule is CC(Nc1ccccc1)(C(=O)N1CCC2(CC1)CNC(=O)C2)c1ccccc1. The van der Waals surface area contributed by atoms with E-state index in [-0.39, 0.29) is 17.2 Å². The Kier molecular flexibility index (Phi) is 4.84. The average Bonchev–Trinajstić information content (AvgIpc) is 3.09. The number of piperidine rings is 1. The molecule has 2 amide bonds. The predicted octanol–water partition coefficient (Wildman–Crippen LogP) is 3.14. The van der Waals surface area contributed by atoms with Crippen LogP contribution in [0, 0.1) is 5.41 Å². The number of para-hydroxylation sites is 1. The molecule has 4 rings (SSSR count). The van der Waals surface area contributed by atoms with Crippen LogP contribution in [0.25, 0.3) is 0 Å². The van der Waals surface area contributed by atoms with E-state index in [1.807, 2.05) is 72.5 Å². The first-order valence-corrected chi connectivity index (χ1v) is 9.96. The minimum Gasteiger partial charge on any atom is -0.368 e. The molecule has 2 aliphatic heterocycles. The van der Waals surface area contributed by atoms with Crippen LogP contribution in [0.3, 0.4) is 0 Å². The van der Waals surface area contributed by atoms with E-state index in [9.17, 15) is 9.59 Å². The summed E-state index contributed by atoms with van der Waals surface area (Å²) in [5.74, 6) is 0.217. The second-order valence-corrected chi connectivity index (χ2v) is 8.23. The van der Waals surface area contributed by atoms with Gasteiger partial charge < -0.3 is 15.5 Å². The molecule has 2 fully saturated rings. The normalized spacial score (nSPS) is 20.5. The van der Waals surface area contributed by atoms with Crippen molar-refractivity contribution in [1.29, 1.82) is 0 Å². The molecule has 2 N–H and O–H groups in total. The third-order valence-corrected chi connectivity index (χ3v) is 6.25. The van der Waals surface area contributed by atoms with Crippen molar-refractivity contribution >= 4 is 17.5 Å². The monoisotopic (exact) mass is 377 g/mol. The molecule has 2 saturated heterocycles. The van der Waals surface area contributed by atoms with Gasteiger partial charge in [-0.05, 0) is 42.9 Å². The number of rotatable bonds is 4. The van der Waals surface area contributed by atoms with E-state index in [0.29, 0.717) is 19.5 Å². The lowest BCUT2D eigenvalue weighted by atomic mass is 9.77. The van der Waals surface area contributed by atoms with Gasteiger partial charge in [0.2, 0.25) is 5.91 Å². The summed E-state index contributed by atoms with van der Waals surface area (Å²) in [7, 11) is 0. The van der Waals surface area contributed by atoms with Gasteiger partial charge in [0, 0.05) is 31.7 Å². The fourth-order valence-corrected chi connectivity index (χ4v) is 4.44. The lowest BCUT2D eigenvalue weighted by Gasteiger charge is -2.42. The number of carbonyl (C=O) groups is 2. The third-order valence-electron chi connectivity index (χ3n) is 6.25. The summed E-state index contributed by atoms with van der Waals surface area (Å²) < 4.78 is 0. The van der Waals surface area contributed by atoms with Crippen LogP contribution in [0.5, 0.6) is 0 Å². The Morgan fingerprint density at radius 2 is 1.64 bits per heavy atom. The molecule has 5 heteroatoms. The van der Waals surface area contributed by atoms with Gasteiger partial charge in [0.05, 0.1) is 0 Å². The number of nitrogens with zero attached hydrogens (tertiary/aromatic N) is 1. The summed E-state index contributed by atoms with van der Waals surface area (Å²) in [6, 6.07) is 19.8. The van der Waals surface area contributed by atoms with E-state index in [1.54, 1.807) is 0 Å². The van der Waals surface area contributed by atoms with Crippen molar-refractivity contribution in [3.05, 3.63) is 66.2 Å². The molecule has 0 saturated carbocycles. The molecule has 2 heterocycles. The van der Waals surface area contributed by atoms with Gasteiger partial charge in [-0.3, -0.25) is 9.59 Å². The summed E-state index contributed by atoms with van der Waals surface area (Å²) in [4.78, 5) is 27.3. The molecule has 1 unspecified atom stereocenters. The molecule has 2 aromatic rings. The Bertz CT molecular complexity index is 845. The van der Waals surface area contributed by atoms with Crippen molar-refractivity contribution in [2.75, 3.05) is 25.0 Å². The van der Waals surface area contributed by atoms with Gasteiger partial charge in [-0.15, -0.1) is 0 Å². The van der Waals surface area contributed by atoms with Crippen LogP contribution in [-0.2, 0) is 15.1 Å². The van der Waals surface area contributed by atoms with Crippen LogP contribution in [-0.4, -0.2) is 36.3 Å². The molecule has 2 aliphatic rings. The summed E-state index contributed by atoms with van der Waals surface area (Å²) in [5, 5.41) is 6.44. The molecule has 0 aliphatic carbocycles. The zero-order chi connectivity index (χ0) is 19.6. The first kappa shape index (κ1) is 18.5. The van der Waals surface area contributed by atoms with Gasteiger partial charge in [0.1, 0.15) is 5.54 Å². The minimum atomic E-state index is -0.850. The summed E-state index contributed by atoms with van der Waals surface area (Å²) in [6.45, 7) is 4.08. The lowest BCUT2D eigenvalue weighted by Crippen LogP contribution is -2.53. The molecule has 2 aromatic carbocycles. The van der Waals surface area contributed by atoms with E-state index in [2.05, 4.69) is 10.6 Å². The van der Waals surface area contributed by atoms with Crippen LogP contribution in [0.2, 0.25) is 0 Å². The van der Waals surface area contributed by atoms with E-state index in [0.717, 1.165) is 30.6 Å². The molecule has 5 nitrogen and oxygen atoms in total. The number of hydrogen-bond acceptors (Lipinski definition) is 3. The second kappa shape index (κ2) is 7.30. The average molecular weight is 377 g/mol. The highest BCUT2D eigenvalue weighted by Gasteiger charge is 2.45. The van der Waals surface area contributed by atoms with Crippen LogP contribution in [0.4, 0.5) is 5.69 Å². The van der Waals surface area contributed by atoms with Crippen molar-refractivity contribution < 1.29 is 9.59 Å². The Hall–Kier alpha value is -2.82. The number of hydrogen-bond donors (Lipinski definition) is 2. The number of anilines is 1. The van der Waals surface area contributed by atoms with Crippen LogP contribution in [0.1, 0.15) is 31.7 Å². The number of benzene rings is 2. The number of amides is 2. The topological polar surface area (TPSA) is 61.4 Å². The quantitative estimate of drug-likeness (QED) is 0.861. The fourth-order valence-electron chi connectivity index (χ4n) is 4.44. The van der Waals surface area contributed by atoms with Crippen LogP contribution >= 0.6 is 0 Å². The van der Waals surface area contributed by atoms with Crippen molar-refractivity contribution in [2.24, 2.45) is 5.41 Å². The Morgan fingerprint density at radius 1 is 1.04 bits per heavy atom. The van der Waals surface area contributed by atoms with Gasteiger partial charge in [-0.2, -0.15) is 0 Å². The van der Waals surface area contributed by atoms with Crippen LogP contribution < -0.4 is 10.6 Å². The molecular weight excluding hydrogens is 350 g/mol. The van der Waals surface area contributed by atoms with Gasteiger partial charge in [-0.25, -0.2) is 0 Å². The van der Waals surface area contributed by atoms with Gasteiger partial charge in [0.25, 0.3) is 5.91 Å². The summed E-state index contributed by atoms with van der Waals surface area (Å²) in [5.41, 5.74) is 1.05. The lowest BCUT2D eigenvalue weighted by molar-refractivity contribution is -0.138. The van der Waals surface area contributed by atoms with Crippen molar-refractivity contribution in [3.8, 4) is 0 Å². The zero-order valence-corrected chi connectivity index (χ0v) is 16.3. The molecule has 1 spiro atoms. The third kappa shape index (κ3) is 3.49. The predicted molar refractivity (Wildman–Crippen MR) is 110 cm³/mol. The maximum absolute atomic E-state index is 13.7. The molecule has 1 atom stereocenters. The Labute approximate surface area is 166 Å². The number of nitrogens with one attached hydrogen (secondary N) is 2. The standard InChI is InChI=1S/C23H27N3O2/c1-22(18-8-4-2-5-9-18,25-19-10-6-3-7-11-19)21(28)26-14-12-23(13-15-26)16-20(27)24-17-23/h2-11,25H,12-17H2,1H3,(H,24,27). The van der Waals surface area contributed by atoms with E-state index >= 15 is 0 Å². The fraction of sp³-hybridized carbons (Fsp3) is 0.391. The van der Waals surface area contributed by atoms with Crippen molar-refractivity contribution in [3.63, 3.8) is 0 Å². The van der Waals surface area contributed by atoms with E-state index < -0.39 is 5.54 Å². The van der Waals surface area contributed by atoms with Crippen molar-refractivity contribution in [2.45, 2.75) is 31.7 Å². The number of carbonyl (C=O) groups excluding carboxylic acids is 2. The van der Waals surface area contributed by atoms with Gasteiger partial charge >= 0.3 is 0 Å². The molecular formula is C23H27N3O2. The minimum absolute atomic E-state index is 0.0316. The maximum Gasteiger partial charge on any atom is 0.252 e. The van der Waals surface area contributed by atoms with Gasteiger partial charge in [-0.1, -0.05) is 48.5 Å². The largest absolute Gasteiger partial charge is 0.368 e. The Balaban J connectivity index is 1.56. The zero-order valence-electron chi connectivity index (χ0n) is 16.3. The summed E-state index contributed by atoms with van der Waals surface area (Å²) in [6.07, 6.45) is 2.33. The Morgan fingerprint density at radius 3 is 2.21 bits per heavy atom. The van der Waals surface area contributed by atoms with Crippen molar-refractivity contribution in [1.82, 2.24) is 10.2 Å². The number of likely N-dealkylation sites (tertiary alicyclic amines) is 1. The highest BCUT2D eigenvalue weighted by Crippen LogP contribution is 2.39.